The Kier molecular flexibility index (Phi) is 6.27. The fraction of sp³-hybridized carbons (Fsp3) is 0.364. The molecule has 2 heterocycles. The van der Waals surface area contributed by atoms with E-state index in [2.05, 4.69) is 52.4 Å². The van der Waals surface area contributed by atoms with Gasteiger partial charge in [-0.15, -0.1) is 11.3 Å². The first kappa shape index (κ1) is 20.9. The molecule has 1 amide bonds. The van der Waals surface area contributed by atoms with Crippen LogP contribution in [0.15, 0.2) is 36.7 Å². The lowest BCUT2D eigenvalue weighted by molar-refractivity contribution is 0.0954. The second kappa shape index (κ2) is 8.69. The summed E-state index contributed by atoms with van der Waals surface area (Å²) in [5, 5.41) is 7.09. The van der Waals surface area contributed by atoms with Crippen LogP contribution in [0.4, 0.5) is 5.95 Å². The first-order valence-corrected chi connectivity index (χ1v) is 10.5. The first-order chi connectivity index (χ1) is 13.8. The number of nitrogens with zero attached hydrogens (tertiary/aromatic N) is 3. The summed E-state index contributed by atoms with van der Waals surface area (Å²) in [5.41, 5.74) is 4.02. The lowest BCUT2D eigenvalue weighted by Gasteiger charge is -2.13. The van der Waals surface area contributed by atoms with Crippen molar-refractivity contribution < 1.29 is 4.79 Å². The molecule has 0 saturated carbocycles. The molecule has 0 bridgehead atoms. The molecule has 0 atom stereocenters. The van der Waals surface area contributed by atoms with Crippen LogP contribution >= 0.6 is 11.3 Å². The highest BCUT2D eigenvalue weighted by atomic mass is 32.1. The van der Waals surface area contributed by atoms with Crippen molar-refractivity contribution in [3.05, 3.63) is 57.7 Å². The fourth-order valence-corrected chi connectivity index (χ4v) is 3.69. The van der Waals surface area contributed by atoms with E-state index in [1.165, 1.54) is 11.3 Å². The maximum Gasteiger partial charge on any atom is 0.263 e. The molecule has 0 aliphatic carbocycles. The monoisotopic (exact) mass is 409 g/mol. The molecule has 2 N–H and O–H groups in total. The predicted octanol–water partition coefficient (Wildman–Crippen LogP) is 4.57. The average Bonchev–Trinajstić information content (AvgIpc) is 3.18. The highest BCUT2D eigenvalue weighted by Gasteiger charge is 2.20. The van der Waals surface area contributed by atoms with Crippen molar-refractivity contribution >= 4 is 23.2 Å². The molecule has 0 fully saturated rings. The summed E-state index contributed by atoms with van der Waals surface area (Å²) in [4.78, 5) is 26.3. The molecule has 0 aliphatic heterocycles. The van der Waals surface area contributed by atoms with E-state index in [0.717, 1.165) is 33.9 Å². The molecule has 7 heteroatoms. The molecule has 1 aromatic carbocycles. The van der Waals surface area contributed by atoms with E-state index in [1.54, 1.807) is 12.4 Å². The van der Waals surface area contributed by atoms with Crippen molar-refractivity contribution in [1.29, 1.82) is 0 Å². The van der Waals surface area contributed by atoms with Crippen molar-refractivity contribution in [2.75, 3.05) is 11.9 Å². The Morgan fingerprint density at radius 3 is 2.62 bits per heavy atom. The van der Waals surface area contributed by atoms with Gasteiger partial charge in [-0.2, -0.15) is 0 Å². The number of hydrogen-bond acceptors (Lipinski definition) is 6. The first-order valence-electron chi connectivity index (χ1n) is 9.69. The zero-order valence-electron chi connectivity index (χ0n) is 17.5. The number of nitrogens with one attached hydrogen (secondary N) is 2. The molecule has 3 rings (SSSR count). The number of anilines is 1. The fourth-order valence-electron chi connectivity index (χ4n) is 2.80. The van der Waals surface area contributed by atoms with Crippen molar-refractivity contribution in [2.24, 2.45) is 0 Å². The number of hydrogen-bond donors (Lipinski definition) is 2. The number of thiazole rings is 1. The van der Waals surface area contributed by atoms with Crippen molar-refractivity contribution in [3.8, 4) is 11.3 Å². The molecule has 0 radical (unpaired) electrons. The Balaban J connectivity index is 1.69. The third kappa shape index (κ3) is 5.17. The topological polar surface area (TPSA) is 79.8 Å². The summed E-state index contributed by atoms with van der Waals surface area (Å²) in [6.07, 6.45) is 3.41. The van der Waals surface area contributed by atoms with Gasteiger partial charge < -0.3 is 10.6 Å². The van der Waals surface area contributed by atoms with E-state index in [9.17, 15) is 4.79 Å². The predicted molar refractivity (Wildman–Crippen MR) is 118 cm³/mol. The summed E-state index contributed by atoms with van der Waals surface area (Å²) in [5.74, 6) is 0.533. The van der Waals surface area contributed by atoms with Crippen LogP contribution in [0.2, 0.25) is 0 Å². The average molecular weight is 410 g/mol. The largest absolute Gasteiger partial charge is 0.354 e. The van der Waals surface area contributed by atoms with E-state index in [0.29, 0.717) is 17.4 Å². The molecule has 0 saturated heterocycles. The summed E-state index contributed by atoms with van der Waals surface area (Å²) in [6.45, 7) is 11.6. The third-order valence-corrected chi connectivity index (χ3v) is 5.86. The van der Waals surface area contributed by atoms with Gasteiger partial charge in [-0.25, -0.2) is 15.0 Å². The number of aryl methyl sites for hydroxylation is 1. The molecule has 3 aromatic rings. The number of carbonyl (C=O) groups excluding carboxylic acids is 1. The Hall–Kier alpha value is -2.80. The van der Waals surface area contributed by atoms with Crippen LogP contribution in [0.25, 0.3) is 11.3 Å². The van der Waals surface area contributed by atoms with Gasteiger partial charge in [0.05, 0.1) is 16.9 Å². The van der Waals surface area contributed by atoms with Gasteiger partial charge in [-0.1, -0.05) is 32.9 Å². The molecule has 0 aliphatic rings. The molecule has 29 heavy (non-hydrogen) atoms. The van der Waals surface area contributed by atoms with Crippen LogP contribution in [0.3, 0.4) is 0 Å². The Morgan fingerprint density at radius 2 is 1.97 bits per heavy atom. The maximum atomic E-state index is 12.5. The summed E-state index contributed by atoms with van der Waals surface area (Å²) < 4.78 is 0. The van der Waals surface area contributed by atoms with E-state index in [1.807, 2.05) is 32.0 Å². The Morgan fingerprint density at radius 1 is 1.17 bits per heavy atom. The molecule has 0 unspecified atom stereocenters. The summed E-state index contributed by atoms with van der Waals surface area (Å²) in [7, 11) is 0. The van der Waals surface area contributed by atoms with E-state index in [4.69, 9.17) is 0 Å². The van der Waals surface area contributed by atoms with Crippen LogP contribution in [0.5, 0.6) is 0 Å². The van der Waals surface area contributed by atoms with Gasteiger partial charge in [0.2, 0.25) is 5.95 Å². The Bertz CT molecular complexity index is 1010. The summed E-state index contributed by atoms with van der Waals surface area (Å²) in [6, 6.07) is 8.04. The van der Waals surface area contributed by atoms with Gasteiger partial charge in [-0.3, -0.25) is 4.79 Å². The van der Waals surface area contributed by atoms with Gasteiger partial charge in [0.25, 0.3) is 5.91 Å². The molecular weight excluding hydrogens is 382 g/mol. The zero-order chi connectivity index (χ0) is 21.0. The molecule has 0 spiro atoms. The van der Waals surface area contributed by atoms with Crippen molar-refractivity contribution in [3.63, 3.8) is 0 Å². The molecule has 2 aromatic heterocycles. The van der Waals surface area contributed by atoms with E-state index < -0.39 is 0 Å². The number of carbonyl (C=O) groups is 1. The van der Waals surface area contributed by atoms with Crippen LogP contribution < -0.4 is 10.6 Å². The quantitative estimate of drug-likeness (QED) is 0.623. The molecule has 152 valence electrons. The molecular formula is C22H27N5OS. The number of rotatable bonds is 6. The van der Waals surface area contributed by atoms with Gasteiger partial charge in [0.1, 0.15) is 4.88 Å². The normalized spacial score (nSPS) is 11.3. The van der Waals surface area contributed by atoms with Gasteiger partial charge in [0, 0.05) is 30.3 Å². The standard InChI is InChI=1S/C22H27N5OS/c1-6-23-21-24-10-9-17(27-21)15-7-8-16(14(2)11-15)12-25-19(28)18-13-26-20(29-18)22(3,4)5/h7-11,13H,6,12H2,1-5H3,(H,25,28)(H,23,24,27). The van der Waals surface area contributed by atoms with Crippen LogP contribution in [0, 0.1) is 6.92 Å². The van der Waals surface area contributed by atoms with E-state index in [-0.39, 0.29) is 11.3 Å². The minimum atomic E-state index is -0.0902. The van der Waals surface area contributed by atoms with Gasteiger partial charge >= 0.3 is 0 Å². The van der Waals surface area contributed by atoms with Crippen molar-refractivity contribution in [2.45, 2.75) is 46.6 Å². The number of amides is 1. The maximum absolute atomic E-state index is 12.5. The minimum absolute atomic E-state index is 0.0525. The summed E-state index contributed by atoms with van der Waals surface area (Å²) >= 11 is 1.45. The number of aromatic nitrogens is 3. The highest BCUT2D eigenvalue weighted by molar-refractivity contribution is 7.13. The van der Waals surface area contributed by atoms with Gasteiger partial charge in [-0.05, 0) is 37.1 Å². The zero-order valence-corrected chi connectivity index (χ0v) is 18.4. The smallest absolute Gasteiger partial charge is 0.263 e. The Labute approximate surface area is 175 Å². The second-order valence-electron chi connectivity index (χ2n) is 7.90. The highest BCUT2D eigenvalue weighted by Crippen LogP contribution is 2.27. The van der Waals surface area contributed by atoms with Crippen LogP contribution in [0.1, 0.15) is 53.5 Å². The SMILES string of the molecule is CCNc1nccc(-c2ccc(CNC(=O)c3cnc(C(C)(C)C)s3)c(C)c2)n1. The van der Waals surface area contributed by atoms with Crippen LogP contribution in [-0.2, 0) is 12.0 Å². The number of benzene rings is 1. The second-order valence-corrected chi connectivity index (χ2v) is 8.93. The lowest BCUT2D eigenvalue weighted by Crippen LogP contribution is -2.22. The van der Waals surface area contributed by atoms with Crippen molar-refractivity contribution in [1.82, 2.24) is 20.3 Å². The van der Waals surface area contributed by atoms with E-state index >= 15 is 0 Å². The van der Waals surface area contributed by atoms with Gasteiger partial charge in [0.15, 0.2) is 0 Å². The third-order valence-electron chi connectivity index (χ3n) is 4.44. The molecule has 6 nitrogen and oxygen atoms in total. The lowest BCUT2D eigenvalue weighted by atomic mass is 9.98. The minimum Gasteiger partial charge on any atom is -0.354 e. The van der Waals surface area contributed by atoms with Crippen LogP contribution in [-0.4, -0.2) is 27.4 Å².